The number of allylic oxidation sites excluding steroid dienone is 3. The van der Waals surface area contributed by atoms with E-state index >= 15 is 0 Å². The number of phosphoric acid groups is 1. The zero-order chi connectivity index (χ0) is 42.9. The number of carbonyl (C=O) groups excluding carboxylic acids is 3. The zero-order valence-corrected chi connectivity index (χ0v) is 36.6. The molecule has 0 saturated heterocycles. The highest BCUT2D eigenvalue weighted by atomic mass is 31.2. The van der Waals surface area contributed by atoms with Gasteiger partial charge in [0.05, 0.1) is 32.0 Å². The van der Waals surface area contributed by atoms with E-state index in [1.54, 1.807) is 12.2 Å². The second kappa shape index (κ2) is 34.7. The number of ether oxygens (including phenoxy) is 2. The molecule has 58 heavy (non-hydrogen) atoms. The van der Waals surface area contributed by atoms with E-state index in [9.17, 15) is 39.2 Å². The highest BCUT2D eigenvalue weighted by molar-refractivity contribution is 7.47. The SMILES string of the molecule is CCCCCCCC/C=C\CCCCCCCC(=O)OC[C@H](COP(=O)(O)OC[C@@H](O)CO)OC(=O)CCCCCC[C@H]1[C@@H](O)CC(=O)[C@@H]1/C=C/[C@@H](O)CCCCC. The largest absolute Gasteiger partial charge is 0.472 e. The number of esters is 2. The molecule has 1 fully saturated rings. The third-order valence-corrected chi connectivity index (χ3v) is 11.4. The lowest BCUT2D eigenvalue weighted by Crippen LogP contribution is -2.29. The molecule has 5 N–H and O–H groups in total. The molecule has 338 valence electrons. The Bertz CT molecular complexity index is 1180. The van der Waals surface area contributed by atoms with E-state index in [0.717, 1.165) is 70.6 Å². The smallest absolute Gasteiger partial charge is 0.462 e. The van der Waals surface area contributed by atoms with Crippen LogP contribution in [-0.4, -0.2) is 93.9 Å². The number of hydrogen-bond donors (Lipinski definition) is 5. The van der Waals surface area contributed by atoms with Gasteiger partial charge in [0.2, 0.25) is 0 Å². The topological polar surface area (TPSA) is 206 Å². The molecule has 1 unspecified atom stereocenters. The van der Waals surface area contributed by atoms with Gasteiger partial charge in [0.15, 0.2) is 6.10 Å². The number of Topliss-reactive ketones (excluding diaryl/α,β-unsaturated/α-hetero) is 1. The Labute approximate surface area is 349 Å². The second-order valence-corrected chi connectivity index (χ2v) is 17.3. The summed E-state index contributed by atoms with van der Waals surface area (Å²) in [7, 11) is -4.68. The van der Waals surface area contributed by atoms with Crippen molar-refractivity contribution in [3.05, 3.63) is 24.3 Å². The molecule has 1 saturated carbocycles. The lowest BCUT2D eigenvalue weighted by atomic mass is 9.88. The van der Waals surface area contributed by atoms with Crippen LogP contribution < -0.4 is 0 Å². The highest BCUT2D eigenvalue weighted by Crippen LogP contribution is 2.43. The Morgan fingerprint density at radius 2 is 1.31 bits per heavy atom. The first-order valence-corrected chi connectivity index (χ1v) is 23.9. The number of aliphatic hydroxyl groups is 4. The van der Waals surface area contributed by atoms with Crippen molar-refractivity contribution in [2.75, 3.05) is 26.4 Å². The Morgan fingerprint density at radius 3 is 1.95 bits per heavy atom. The van der Waals surface area contributed by atoms with Crippen molar-refractivity contribution in [3.63, 3.8) is 0 Å². The van der Waals surface area contributed by atoms with Crippen LogP contribution in [0.15, 0.2) is 24.3 Å². The fourth-order valence-electron chi connectivity index (χ4n) is 6.95. The van der Waals surface area contributed by atoms with E-state index in [-0.39, 0.29) is 37.6 Å². The van der Waals surface area contributed by atoms with Crippen LogP contribution >= 0.6 is 7.82 Å². The molecule has 0 heterocycles. The molecule has 0 amide bonds. The van der Waals surface area contributed by atoms with E-state index < -0.39 is 69.9 Å². The number of phosphoric ester groups is 1. The summed E-state index contributed by atoms with van der Waals surface area (Å²) in [6.45, 7) is 1.99. The van der Waals surface area contributed by atoms with Crippen LogP contribution in [0.5, 0.6) is 0 Å². The molecule has 0 aromatic carbocycles. The minimum absolute atomic E-state index is 0.0172. The van der Waals surface area contributed by atoms with E-state index in [1.807, 2.05) is 0 Å². The van der Waals surface area contributed by atoms with Crippen LogP contribution in [0.3, 0.4) is 0 Å². The monoisotopic (exact) mass is 847 g/mol. The molecule has 7 atom stereocenters. The van der Waals surface area contributed by atoms with E-state index in [1.165, 1.54) is 38.5 Å². The summed E-state index contributed by atoms with van der Waals surface area (Å²) in [4.78, 5) is 47.7. The van der Waals surface area contributed by atoms with Crippen LogP contribution in [0.2, 0.25) is 0 Å². The first-order valence-electron chi connectivity index (χ1n) is 22.4. The Balaban J connectivity index is 2.44. The molecule has 0 bridgehead atoms. The maximum atomic E-state index is 12.7. The van der Waals surface area contributed by atoms with Crippen molar-refractivity contribution < 1.29 is 62.8 Å². The normalized spacial score (nSPS) is 19.8. The molecular weight excluding hydrogens is 767 g/mol. The first-order chi connectivity index (χ1) is 27.9. The Morgan fingerprint density at radius 1 is 0.759 bits per heavy atom. The fraction of sp³-hybridized carbons (Fsp3) is 0.841. The third kappa shape index (κ3) is 28.5. The van der Waals surface area contributed by atoms with Crippen molar-refractivity contribution in [2.24, 2.45) is 11.8 Å². The number of hydrogen-bond acceptors (Lipinski definition) is 12. The van der Waals surface area contributed by atoms with Crippen LogP contribution in [-0.2, 0) is 37.5 Å². The lowest BCUT2D eigenvalue weighted by molar-refractivity contribution is -0.161. The van der Waals surface area contributed by atoms with Crippen molar-refractivity contribution >= 4 is 25.5 Å². The van der Waals surface area contributed by atoms with Gasteiger partial charge in [-0.15, -0.1) is 0 Å². The summed E-state index contributed by atoms with van der Waals surface area (Å²) in [5.74, 6) is -1.74. The van der Waals surface area contributed by atoms with Gasteiger partial charge in [-0.3, -0.25) is 23.4 Å². The molecule has 0 spiro atoms. The summed E-state index contributed by atoms with van der Waals surface area (Å²) >= 11 is 0. The minimum Gasteiger partial charge on any atom is -0.462 e. The summed E-state index contributed by atoms with van der Waals surface area (Å²) in [6.07, 6.45) is 26.2. The number of unbranched alkanes of at least 4 members (excludes halogenated alkanes) is 16. The average Bonchev–Trinajstić information content (AvgIpc) is 3.47. The number of rotatable bonds is 38. The number of aliphatic hydroxyl groups excluding tert-OH is 4. The van der Waals surface area contributed by atoms with Crippen LogP contribution in [0.25, 0.3) is 0 Å². The van der Waals surface area contributed by atoms with Gasteiger partial charge in [0.1, 0.15) is 18.5 Å². The molecule has 14 heteroatoms. The van der Waals surface area contributed by atoms with Crippen LogP contribution in [0.4, 0.5) is 0 Å². The molecule has 1 aliphatic rings. The summed E-state index contributed by atoms with van der Waals surface area (Å²) in [5.41, 5.74) is 0. The Hall–Kier alpha value is -1.96. The van der Waals surface area contributed by atoms with Crippen molar-refractivity contribution in [2.45, 2.75) is 199 Å². The van der Waals surface area contributed by atoms with Gasteiger partial charge in [0.25, 0.3) is 0 Å². The highest BCUT2D eigenvalue weighted by Gasteiger charge is 2.39. The fourth-order valence-corrected chi connectivity index (χ4v) is 7.74. The maximum absolute atomic E-state index is 12.7. The number of ketones is 1. The second-order valence-electron chi connectivity index (χ2n) is 15.9. The van der Waals surface area contributed by atoms with E-state index in [0.29, 0.717) is 32.1 Å². The molecule has 0 radical (unpaired) electrons. The minimum atomic E-state index is -4.68. The predicted octanol–water partition coefficient (Wildman–Crippen LogP) is 8.37. The number of carbonyl (C=O) groups is 3. The Kier molecular flexibility index (Phi) is 32.4. The predicted molar refractivity (Wildman–Crippen MR) is 225 cm³/mol. The van der Waals surface area contributed by atoms with Gasteiger partial charge in [0, 0.05) is 25.2 Å². The quantitative estimate of drug-likeness (QED) is 0.0172. The average molecular weight is 847 g/mol. The van der Waals surface area contributed by atoms with Crippen molar-refractivity contribution in [1.29, 1.82) is 0 Å². The van der Waals surface area contributed by atoms with Gasteiger partial charge < -0.3 is 34.8 Å². The van der Waals surface area contributed by atoms with Crippen molar-refractivity contribution in [3.8, 4) is 0 Å². The van der Waals surface area contributed by atoms with Gasteiger partial charge in [-0.2, -0.15) is 0 Å². The first kappa shape index (κ1) is 54.1. The molecule has 1 rings (SSSR count). The zero-order valence-electron chi connectivity index (χ0n) is 35.7. The molecule has 0 aliphatic heterocycles. The molecular formula is C44H79O13P. The van der Waals surface area contributed by atoms with Gasteiger partial charge in [-0.1, -0.05) is 128 Å². The lowest BCUT2D eigenvalue weighted by Gasteiger charge is -2.20. The van der Waals surface area contributed by atoms with Crippen LogP contribution in [0, 0.1) is 11.8 Å². The molecule has 0 aromatic rings. The van der Waals surface area contributed by atoms with Gasteiger partial charge in [-0.25, -0.2) is 4.57 Å². The standard InChI is InChI=1S/C44H79O13P/c1-3-5-7-8-9-10-11-12-13-14-15-16-17-18-23-27-43(50)54-34-38(35-56-58(52,53)55-33-37(47)32-45)57-44(51)28-24-20-19-22-26-39-40(42(49)31-41(39)48)30-29-36(46)25-21-6-4-2/h12-13,29-30,36-41,45-48H,3-11,14-28,31-35H2,1-2H3,(H,52,53)/b13-12-,30-29+/t36-,37-,38+,39+,40+,41-/m0/s1. The van der Waals surface area contributed by atoms with Gasteiger partial charge in [-0.05, 0) is 57.3 Å². The van der Waals surface area contributed by atoms with E-state index in [4.69, 9.17) is 19.1 Å². The molecule has 13 nitrogen and oxygen atoms in total. The summed E-state index contributed by atoms with van der Waals surface area (Å²) < 4.78 is 32.7. The van der Waals surface area contributed by atoms with Crippen molar-refractivity contribution in [1.82, 2.24) is 0 Å². The van der Waals surface area contributed by atoms with Gasteiger partial charge >= 0.3 is 19.8 Å². The molecule has 1 aliphatic carbocycles. The maximum Gasteiger partial charge on any atom is 0.472 e. The van der Waals surface area contributed by atoms with Crippen LogP contribution in [0.1, 0.15) is 174 Å². The summed E-state index contributed by atoms with van der Waals surface area (Å²) in [6, 6.07) is 0. The summed E-state index contributed by atoms with van der Waals surface area (Å²) in [5, 5.41) is 39.1. The third-order valence-electron chi connectivity index (χ3n) is 10.5. The van der Waals surface area contributed by atoms with E-state index in [2.05, 4.69) is 30.5 Å². The molecule has 0 aromatic heterocycles.